The fourth-order valence-electron chi connectivity index (χ4n) is 1.08. The molecular formula is C8H13N3O. The summed E-state index contributed by atoms with van der Waals surface area (Å²) in [5.41, 5.74) is 5.74. The van der Waals surface area contributed by atoms with Gasteiger partial charge in [-0.15, -0.1) is 0 Å². The van der Waals surface area contributed by atoms with Gasteiger partial charge in [-0.2, -0.15) is 4.98 Å². The number of hydrogen-bond acceptors (Lipinski definition) is 4. The Hall–Kier alpha value is -0.900. The van der Waals surface area contributed by atoms with Gasteiger partial charge in [0.05, 0.1) is 6.04 Å². The van der Waals surface area contributed by atoms with Crippen molar-refractivity contribution in [2.24, 2.45) is 5.73 Å². The van der Waals surface area contributed by atoms with Crippen molar-refractivity contribution in [2.75, 3.05) is 0 Å². The summed E-state index contributed by atoms with van der Waals surface area (Å²) in [6.07, 6.45) is 3.22. The molecule has 0 saturated heterocycles. The lowest BCUT2D eigenvalue weighted by atomic mass is 10.2. The molecule has 1 aromatic heterocycles. The van der Waals surface area contributed by atoms with E-state index in [1.54, 1.807) is 0 Å². The maximum Gasteiger partial charge on any atom is 0.229 e. The molecule has 1 fully saturated rings. The molecular weight excluding hydrogens is 154 g/mol. The minimum absolute atomic E-state index is 0.0683. The van der Waals surface area contributed by atoms with Gasteiger partial charge in [0, 0.05) is 5.92 Å². The highest BCUT2D eigenvalue weighted by atomic mass is 16.5. The Morgan fingerprint density at radius 1 is 1.67 bits per heavy atom. The van der Waals surface area contributed by atoms with Crippen LogP contribution in [0.4, 0.5) is 0 Å². The van der Waals surface area contributed by atoms with E-state index < -0.39 is 0 Å². The van der Waals surface area contributed by atoms with Gasteiger partial charge in [0.25, 0.3) is 0 Å². The molecule has 1 aliphatic carbocycles. The van der Waals surface area contributed by atoms with E-state index in [1.807, 2.05) is 6.92 Å². The lowest BCUT2D eigenvalue weighted by molar-refractivity contribution is 0.370. The van der Waals surface area contributed by atoms with E-state index in [0.717, 1.165) is 12.3 Å². The van der Waals surface area contributed by atoms with Crippen molar-refractivity contribution in [3.63, 3.8) is 0 Å². The van der Waals surface area contributed by atoms with E-state index in [0.29, 0.717) is 11.7 Å². The average molecular weight is 167 g/mol. The lowest BCUT2D eigenvalue weighted by Crippen LogP contribution is -2.10. The molecule has 2 rings (SSSR count). The Morgan fingerprint density at radius 2 is 2.42 bits per heavy atom. The molecule has 0 unspecified atom stereocenters. The van der Waals surface area contributed by atoms with Crippen LogP contribution >= 0.6 is 0 Å². The van der Waals surface area contributed by atoms with Crippen LogP contribution in [0, 0.1) is 0 Å². The highest BCUT2D eigenvalue weighted by molar-refractivity contribution is 5.03. The zero-order chi connectivity index (χ0) is 8.55. The smallest absolute Gasteiger partial charge is 0.229 e. The Bertz CT molecular complexity index is 267. The van der Waals surface area contributed by atoms with Crippen LogP contribution in [-0.4, -0.2) is 10.1 Å². The van der Waals surface area contributed by atoms with Gasteiger partial charge in [0.15, 0.2) is 5.82 Å². The zero-order valence-electron chi connectivity index (χ0n) is 7.16. The number of hydrogen-bond donors (Lipinski definition) is 1. The molecule has 0 radical (unpaired) electrons. The highest BCUT2D eigenvalue weighted by Gasteiger charge is 2.30. The molecule has 4 heteroatoms. The molecule has 1 atom stereocenters. The van der Waals surface area contributed by atoms with Gasteiger partial charge >= 0.3 is 0 Å². The lowest BCUT2D eigenvalue weighted by Gasteiger charge is -1.99. The molecule has 12 heavy (non-hydrogen) atoms. The first-order valence-electron chi connectivity index (χ1n) is 4.40. The van der Waals surface area contributed by atoms with E-state index >= 15 is 0 Å². The molecule has 0 bridgehead atoms. The fourth-order valence-corrected chi connectivity index (χ4v) is 1.08. The number of nitrogens with zero attached hydrogens (tertiary/aromatic N) is 2. The molecule has 0 aliphatic heterocycles. The van der Waals surface area contributed by atoms with Crippen LogP contribution in [0.2, 0.25) is 0 Å². The van der Waals surface area contributed by atoms with Crippen molar-refractivity contribution >= 4 is 0 Å². The molecule has 4 nitrogen and oxygen atoms in total. The topological polar surface area (TPSA) is 64.9 Å². The minimum Gasteiger partial charge on any atom is -0.339 e. The largest absolute Gasteiger partial charge is 0.339 e. The normalized spacial score (nSPS) is 19.5. The Kier molecular flexibility index (Phi) is 1.84. The van der Waals surface area contributed by atoms with Crippen LogP contribution in [0.15, 0.2) is 4.52 Å². The molecule has 1 aliphatic rings. The quantitative estimate of drug-likeness (QED) is 0.738. The van der Waals surface area contributed by atoms with E-state index in [4.69, 9.17) is 10.3 Å². The third kappa shape index (κ3) is 1.34. The molecule has 1 heterocycles. The van der Waals surface area contributed by atoms with E-state index in [9.17, 15) is 0 Å². The predicted molar refractivity (Wildman–Crippen MR) is 43.5 cm³/mol. The van der Waals surface area contributed by atoms with Crippen molar-refractivity contribution in [1.82, 2.24) is 10.1 Å². The highest BCUT2D eigenvalue weighted by Crippen LogP contribution is 2.39. The maximum absolute atomic E-state index is 5.74. The van der Waals surface area contributed by atoms with Gasteiger partial charge in [0.1, 0.15) is 0 Å². The Labute approximate surface area is 71.1 Å². The third-order valence-corrected chi connectivity index (χ3v) is 2.16. The van der Waals surface area contributed by atoms with Crippen molar-refractivity contribution in [3.8, 4) is 0 Å². The molecule has 2 N–H and O–H groups in total. The van der Waals surface area contributed by atoms with Gasteiger partial charge in [0.2, 0.25) is 5.89 Å². The summed E-state index contributed by atoms with van der Waals surface area (Å²) in [6, 6.07) is -0.0683. The number of rotatable bonds is 3. The number of aromatic nitrogens is 2. The Morgan fingerprint density at radius 3 is 3.00 bits per heavy atom. The molecule has 0 spiro atoms. The first-order valence-corrected chi connectivity index (χ1v) is 4.40. The fraction of sp³-hybridized carbons (Fsp3) is 0.750. The van der Waals surface area contributed by atoms with Crippen LogP contribution < -0.4 is 5.73 Å². The second-order valence-electron chi connectivity index (χ2n) is 3.28. The summed E-state index contributed by atoms with van der Waals surface area (Å²) in [5.74, 6) is 1.95. The van der Waals surface area contributed by atoms with Crippen molar-refractivity contribution in [2.45, 2.75) is 38.1 Å². The van der Waals surface area contributed by atoms with Gasteiger partial charge in [-0.25, -0.2) is 0 Å². The molecule has 0 amide bonds. The van der Waals surface area contributed by atoms with E-state index in [1.165, 1.54) is 12.8 Å². The van der Waals surface area contributed by atoms with Gasteiger partial charge in [-0.05, 0) is 19.3 Å². The molecule has 0 aromatic carbocycles. The summed E-state index contributed by atoms with van der Waals surface area (Å²) in [7, 11) is 0. The third-order valence-electron chi connectivity index (χ3n) is 2.16. The monoisotopic (exact) mass is 167 g/mol. The van der Waals surface area contributed by atoms with Gasteiger partial charge in [-0.3, -0.25) is 0 Å². The van der Waals surface area contributed by atoms with Crippen LogP contribution in [0.25, 0.3) is 0 Å². The van der Waals surface area contributed by atoms with Crippen molar-refractivity contribution < 1.29 is 4.52 Å². The first-order chi connectivity index (χ1) is 5.81. The summed E-state index contributed by atoms with van der Waals surface area (Å²) in [6.45, 7) is 2.01. The minimum atomic E-state index is -0.0683. The van der Waals surface area contributed by atoms with E-state index in [2.05, 4.69) is 10.1 Å². The first kappa shape index (κ1) is 7.73. The van der Waals surface area contributed by atoms with E-state index in [-0.39, 0.29) is 6.04 Å². The average Bonchev–Trinajstić information content (AvgIpc) is 2.83. The number of nitrogens with two attached hydrogens (primary N) is 1. The zero-order valence-corrected chi connectivity index (χ0v) is 7.16. The molecule has 66 valence electrons. The SMILES string of the molecule is CC[C@H](N)c1noc(C2CC2)n1. The van der Waals surface area contributed by atoms with Crippen molar-refractivity contribution in [1.29, 1.82) is 0 Å². The predicted octanol–water partition coefficient (Wildman–Crippen LogP) is 1.36. The second kappa shape index (κ2) is 2.86. The van der Waals surface area contributed by atoms with Crippen molar-refractivity contribution in [3.05, 3.63) is 11.7 Å². The Balaban J connectivity index is 2.12. The summed E-state index contributed by atoms with van der Waals surface area (Å²) >= 11 is 0. The maximum atomic E-state index is 5.74. The van der Waals surface area contributed by atoms with Crippen LogP contribution in [0.5, 0.6) is 0 Å². The van der Waals surface area contributed by atoms with Crippen LogP contribution in [0.1, 0.15) is 49.9 Å². The summed E-state index contributed by atoms with van der Waals surface area (Å²) < 4.78 is 5.07. The summed E-state index contributed by atoms with van der Waals surface area (Å²) in [4.78, 5) is 4.24. The van der Waals surface area contributed by atoms with Crippen LogP contribution in [-0.2, 0) is 0 Å². The van der Waals surface area contributed by atoms with Gasteiger partial charge in [-0.1, -0.05) is 12.1 Å². The summed E-state index contributed by atoms with van der Waals surface area (Å²) in [5, 5.41) is 3.84. The molecule has 1 aromatic rings. The van der Waals surface area contributed by atoms with Crippen LogP contribution in [0.3, 0.4) is 0 Å². The van der Waals surface area contributed by atoms with Gasteiger partial charge < -0.3 is 10.3 Å². The molecule has 1 saturated carbocycles. The standard InChI is InChI=1S/C8H13N3O/c1-2-6(9)7-10-8(12-11-7)5-3-4-5/h5-6H,2-4,9H2,1H3/t6-/m0/s1. The second-order valence-corrected chi connectivity index (χ2v) is 3.28.